The van der Waals surface area contributed by atoms with Gasteiger partial charge in [0.1, 0.15) is 17.2 Å². The molecule has 0 bridgehead atoms. The smallest absolute Gasteiger partial charge is 0.416 e. The van der Waals surface area contributed by atoms with Gasteiger partial charge >= 0.3 is 6.18 Å². The number of ether oxygens (including phenoxy) is 3. The van der Waals surface area contributed by atoms with Crippen molar-refractivity contribution in [3.05, 3.63) is 77.4 Å². The van der Waals surface area contributed by atoms with Crippen LogP contribution >= 0.6 is 0 Å². The van der Waals surface area contributed by atoms with Gasteiger partial charge < -0.3 is 14.2 Å². The van der Waals surface area contributed by atoms with Gasteiger partial charge in [-0.2, -0.15) is 13.2 Å². The van der Waals surface area contributed by atoms with Crippen LogP contribution in [0.4, 0.5) is 13.2 Å². The minimum atomic E-state index is -4.49. The predicted molar refractivity (Wildman–Crippen MR) is 114 cm³/mol. The average Bonchev–Trinajstić information content (AvgIpc) is 2.70. The summed E-state index contributed by atoms with van der Waals surface area (Å²) in [4.78, 5) is 0. The maximum atomic E-state index is 13.3. The van der Waals surface area contributed by atoms with E-state index in [4.69, 9.17) is 14.2 Å². The quantitative estimate of drug-likeness (QED) is 0.338. The minimum Gasteiger partial charge on any atom is -0.493 e. The zero-order valence-corrected chi connectivity index (χ0v) is 17.8. The molecule has 0 saturated heterocycles. The Labute approximate surface area is 180 Å². The Morgan fingerprint density at radius 3 is 2.23 bits per heavy atom. The Bertz CT molecular complexity index is 1030. The molecule has 6 heteroatoms. The Morgan fingerprint density at radius 1 is 0.774 bits per heavy atom. The van der Waals surface area contributed by atoms with Gasteiger partial charge in [0.25, 0.3) is 0 Å². The molecular weight excluding hydrogens is 405 g/mol. The molecule has 0 aromatic heterocycles. The van der Waals surface area contributed by atoms with Crippen LogP contribution in [0.1, 0.15) is 36.5 Å². The van der Waals surface area contributed by atoms with Crippen molar-refractivity contribution in [1.29, 1.82) is 0 Å². The number of benzene rings is 3. The van der Waals surface area contributed by atoms with E-state index < -0.39 is 11.7 Å². The highest BCUT2D eigenvalue weighted by Crippen LogP contribution is 2.41. The van der Waals surface area contributed by atoms with E-state index in [1.165, 1.54) is 6.07 Å². The molecule has 0 aliphatic heterocycles. The second kappa shape index (κ2) is 9.77. The fraction of sp³-hybridized carbons (Fsp3) is 0.280. The highest BCUT2D eigenvalue weighted by molar-refractivity contribution is 5.50. The van der Waals surface area contributed by atoms with Crippen LogP contribution in [0.2, 0.25) is 0 Å². The lowest BCUT2D eigenvalue weighted by atomic mass is 10.1. The van der Waals surface area contributed by atoms with E-state index in [1.807, 2.05) is 32.0 Å². The van der Waals surface area contributed by atoms with Crippen molar-refractivity contribution in [2.24, 2.45) is 0 Å². The van der Waals surface area contributed by atoms with Gasteiger partial charge in [-0.25, -0.2) is 0 Å². The summed E-state index contributed by atoms with van der Waals surface area (Å²) in [7, 11) is 0. The van der Waals surface area contributed by atoms with Gasteiger partial charge in [0, 0.05) is 6.07 Å². The van der Waals surface area contributed by atoms with Crippen LogP contribution in [0.15, 0.2) is 60.7 Å². The molecule has 3 aromatic rings. The number of rotatable bonds is 8. The molecule has 0 N–H and O–H groups in total. The minimum absolute atomic E-state index is 0.0147. The van der Waals surface area contributed by atoms with Gasteiger partial charge in [-0.05, 0) is 67.8 Å². The van der Waals surface area contributed by atoms with Crippen molar-refractivity contribution < 1.29 is 27.4 Å². The number of para-hydroxylation sites is 1. The molecule has 3 aromatic carbocycles. The first-order valence-corrected chi connectivity index (χ1v) is 10.1. The van der Waals surface area contributed by atoms with Crippen LogP contribution in [0.3, 0.4) is 0 Å². The molecule has 0 unspecified atom stereocenters. The molecular formula is C25H25F3O3. The summed E-state index contributed by atoms with van der Waals surface area (Å²) in [5.74, 6) is 1.73. The average molecular weight is 430 g/mol. The molecule has 164 valence electrons. The Hall–Kier alpha value is -3.15. The third-order valence-electron chi connectivity index (χ3n) is 4.60. The van der Waals surface area contributed by atoms with Crippen LogP contribution in [-0.4, -0.2) is 6.61 Å². The molecule has 0 aliphatic carbocycles. The first-order chi connectivity index (χ1) is 14.8. The van der Waals surface area contributed by atoms with Crippen molar-refractivity contribution in [2.45, 2.75) is 39.8 Å². The van der Waals surface area contributed by atoms with E-state index in [0.717, 1.165) is 36.1 Å². The van der Waals surface area contributed by atoms with Crippen molar-refractivity contribution in [1.82, 2.24) is 0 Å². The standard InChI is InChI=1S/C25H25F3O3/c1-4-5-12-29-20-13-17(2)14-21(16-20)30-23-11-10-19(25(26,27)28)15-24(23)31-22-9-7-6-8-18(22)3/h6-11,13-16H,4-5,12H2,1-3H3. The molecule has 0 aliphatic rings. The zero-order chi connectivity index (χ0) is 22.4. The highest BCUT2D eigenvalue weighted by atomic mass is 19.4. The van der Waals surface area contributed by atoms with Crippen molar-refractivity contribution >= 4 is 0 Å². The van der Waals surface area contributed by atoms with Crippen LogP contribution in [0.5, 0.6) is 28.7 Å². The third-order valence-corrected chi connectivity index (χ3v) is 4.60. The van der Waals surface area contributed by atoms with Crippen LogP contribution < -0.4 is 14.2 Å². The normalized spacial score (nSPS) is 11.3. The van der Waals surface area contributed by atoms with E-state index >= 15 is 0 Å². The molecule has 31 heavy (non-hydrogen) atoms. The highest BCUT2D eigenvalue weighted by Gasteiger charge is 2.31. The first-order valence-electron chi connectivity index (χ1n) is 10.1. The van der Waals surface area contributed by atoms with Gasteiger partial charge in [-0.15, -0.1) is 0 Å². The lowest BCUT2D eigenvalue weighted by molar-refractivity contribution is -0.137. The van der Waals surface area contributed by atoms with Crippen LogP contribution in [0, 0.1) is 13.8 Å². The van der Waals surface area contributed by atoms with E-state index in [0.29, 0.717) is 23.9 Å². The monoisotopic (exact) mass is 430 g/mol. The Morgan fingerprint density at radius 2 is 1.52 bits per heavy atom. The van der Waals surface area contributed by atoms with Crippen molar-refractivity contribution in [3.63, 3.8) is 0 Å². The van der Waals surface area contributed by atoms with Crippen LogP contribution in [-0.2, 0) is 6.18 Å². The van der Waals surface area contributed by atoms with E-state index in [2.05, 4.69) is 6.92 Å². The molecule has 0 heterocycles. The van der Waals surface area contributed by atoms with E-state index in [1.54, 1.807) is 24.3 Å². The van der Waals surface area contributed by atoms with E-state index in [-0.39, 0.29) is 11.5 Å². The summed E-state index contributed by atoms with van der Waals surface area (Å²) < 4.78 is 57.4. The van der Waals surface area contributed by atoms with Crippen LogP contribution in [0.25, 0.3) is 0 Å². The summed E-state index contributed by atoms with van der Waals surface area (Å²) in [5, 5.41) is 0. The van der Waals surface area contributed by atoms with Crippen molar-refractivity contribution in [3.8, 4) is 28.7 Å². The molecule has 0 saturated carbocycles. The predicted octanol–water partition coefficient (Wildman–Crippen LogP) is 8.09. The number of hydrogen-bond acceptors (Lipinski definition) is 3. The maximum Gasteiger partial charge on any atom is 0.416 e. The van der Waals surface area contributed by atoms with Gasteiger partial charge in [0.15, 0.2) is 11.5 Å². The van der Waals surface area contributed by atoms with Gasteiger partial charge in [-0.1, -0.05) is 31.5 Å². The first kappa shape index (κ1) is 22.5. The van der Waals surface area contributed by atoms with Gasteiger partial charge in [0.2, 0.25) is 0 Å². The van der Waals surface area contributed by atoms with Gasteiger partial charge in [0.05, 0.1) is 12.2 Å². The SMILES string of the molecule is CCCCOc1cc(C)cc(Oc2ccc(C(F)(F)F)cc2Oc2ccccc2C)c1. The van der Waals surface area contributed by atoms with Gasteiger partial charge in [-0.3, -0.25) is 0 Å². The topological polar surface area (TPSA) is 27.7 Å². The Kier molecular flexibility index (Phi) is 7.10. The lowest BCUT2D eigenvalue weighted by Gasteiger charge is -2.17. The second-order valence-corrected chi connectivity index (χ2v) is 7.31. The Balaban J connectivity index is 1.94. The molecule has 0 amide bonds. The number of unbranched alkanes of at least 4 members (excludes halogenated alkanes) is 1. The summed E-state index contributed by atoms with van der Waals surface area (Å²) in [6.45, 7) is 6.39. The second-order valence-electron chi connectivity index (χ2n) is 7.31. The summed E-state index contributed by atoms with van der Waals surface area (Å²) in [6.07, 6.45) is -2.55. The molecule has 0 radical (unpaired) electrons. The number of aryl methyl sites for hydroxylation is 2. The summed E-state index contributed by atoms with van der Waals surface area (Å²) in [5.41, 5.74) is 0.904. The fourth-order valence-electron chi connectivity index (χ4n) is 2.96. The molecule has 0 atom stereocenters. The lowest BCUT2D eigenvalue weighted by Crippen LogP contribution is -2.05. The molecule has 3 rings (SSSR count). The maximum absolute atomic E-state index is 13.3. The number of alkyl halides is 3. The molecule has 3 nitrogen and oxygen atoms in total. The summed E-state index contributed by atoms with van der Waals surface area (Å²) in [6, 6.07) is 15.7. The molecule has 0 fully saturated rings. The fourth-order valence-corrected chi connectivity index (χ4v) is 2.96. The zero-order valence-electron chi connectivity index (χ0n) is 17.8. The van der Waals surface area contributed by atoms with E-state index in [9.17, 15) is 13.2 Å². The number of hydrogen-bond donors (Lipinski definition) is 0. The third kappa shape index (κ3) is 6.17. The largest absolute Gasteiger partial charge is 0.493 e. The number of halogens is 3. The molecule has 0 spiro atoms. The van der Waals surface area contributed by atoms with Crippen molar-refractivity contribution in [2.75, 3.05) is 6.61 Å². The summed E-state index contributed by atoms with van der Waals surface area (Å²) >= 11 is 0.